The Balaban J connectivity index is 2.12. The van der Waals surface area contributed by atoms with Gasteiger partial charge in [0.1, 0.15) is 5.25 Å². The van der Waals surface area contributed by atoms with E-state index in [1.807, 2.05) is 50.2 Å². The molecule has 142 valence electrons. The number of esters is 1. The van der Waals surface area contributed by atoms with Gasteiger partial charge < -0.3 is 4.74 Å². The van der Waals surface area contributed by atoms with E-state index in [9.17, 15) is 9.59 Å². The molecule has 1 heterocycles. The van der Waals surface area contributed by atoms with Crippen molar-refractivity contribution in [1.29, 1.82) is 0 Å². The van der Waals surface area contributed by atoms with Crippen LogP contribution in [-0.4, -0.2) is 27.4 Å². The lowest BCUT2D eigenvalue weighted by atomic mass is 10.1. The van der Waals surface area contributed by atoms with Crippen LogP contribution in [0.15, 0.2) is 46.3 Å². The second kappa shape index (κ2) is 8.57. The molecule has 6 heteroatoms. The molecule has 3 rings (SSSR count). The van der Waals surface area contributed by atoms with Gasteiger partial charge >= 0.3 is 5.97 Å². The van der Waals surface area contributed by atoms with Gasteiger partial charge in [0.25, 0.3) is 5.56 Å². The standard InChI is InChI=1S/C21H24N2O3S/c1-4-9-18(20(25)26-6-3)27-21-22-17-13-15-11-8-7-10-14(15)12-16(17)19(24)23(21)5-2/h7-8,10-13,18H,4-6,9H2,1-3H3. The second-order valence-electron chi connectivity index (χ2n) is 6.31. The first-order valence-electron chi connectivity index (χ1n) is 9.35. The molecule has 0 aliphatic heterocycles. The summed E-state index contributed by atoms with van der Waals surface area (Å²) in [4.78, 5) is 30.1. The smallest absolute Gasteiger partial charge is 0.319 e. The van der Waals surface area contributed by atoms with Crippen LogP contribution in [-0.2, 0) is 16.1 Å². The van der Waals surface area contributed by atoms with Crippen molar-refractivity contribution in [3.63, 3.8) is 0 Å². The van der Waals surface area contributed by atoms with Crippen molar-refractivity contribution in [3.8, 4) is 0 Å². The van der Waals surface area contributed by atoms with Crippen LogP contribution in [0.2, 0.25) is 0 Å². The van der Waals surface area contributed by atoms with Crippen molar-refractivity contribution in [2.24, 2.45) is 0 Å². The third kappa shape index (κ3) is 4.00. The molecular weight excluding hydrogens is 360 g/mol. The summed E-state index contributed by atoms with van der Waals surface area (Å²) in [5.41, 5.74) is 0.583. The van der Waals surface area contributed by atoms with Gasteiger partial charge in [0.2, 0.25) is 0 Å². The molecule has 0 saturated heterocycles. The number of fused-ring (bicyclic) bond motifs is 2. The lowest BCUT2D eigenvalue weighted by Gasteiger charge is -2.17. The van der Waals surface area contributed by atoms with Crippen LogP contribution in [0.5, 0.6) is 0 Å². The highest BCUT2D eigenvalue weighted by Gasteiger charge is 2.23. The number of rotatable bonds is 7. The van der Waals surface area contributed by atoms with Gasteiger partial charge in [-0.25, -0.2) is 4.98 Å². The molecule has 0 fully saturated rings. The zero-order valence-electron chi connectivity index (χ0n) is 15.9. The van der Waals surface area contributed by atoms with E-state index in [2.05, 4.69) is 0 Å². The highest BCUT2D eigenvalue weighted by molar-refractivity contribution is 8.00. The fourth-order valence-corrected chi connectivity index (χ4v) is 4.37. The van der Waals surface area contributed by atoms with Gasteiger partial charge in [-0.15, -0.1) is 0 Å². The first-order chi connectivity index (χ1) is 13.1. The molecule has 0 N–H and O–H groups in total. The SMILES string of the molecule is CCCC(Sc1nc2cc3ccccc3cc2c(=O)n1CC)C(=O)OCC. The molecule has 1 aromatic heterocycles. The Hall–Kier alpha value is -2.34. The van der Waals surface area contributed by atoms with Crippen molar-refractivity contribution in [3.05, 3.63) is 46.8 Å². The summed E-state index contributed by atoms with van der Waals surface area (Å²) in [6.07, 6.45) is 1.53. The fourth-order valence-electron chi connectivity index (χ4n) is 3.11. The van der Waals surface area contributed by atoms with Gasteiger partial charge in [0.15, 0.2) is 5.16 Å². The summed E-state index contributed by atoms with van der Waals surface area (Å²) in [5.74, 6) is -0.250. The zero-order chi connectivity index (χ0) is 19.4. The summed E-state index contributed by atoms with van der Waals surface area (Å²) in [5, 5.41) is 2.86. The highest BCUT2D eigenvalue weighted by Crippen LogP contribution is 2.28. The molecule has 27 heavy (non-hydrogen) atoms. The molecule has 2 aromatic carbocycles. The minimum absolute atomic E-state index is 0.0742. The third-order valence-corrected chi connectivity index (χ3v) is 5.69. The predicted molar refractivity (Wildman–Crippen MR) is 110 cm³/mol. The second-order valence-corrected chi connectivity index (χ2v) is 7.48. The molecule has 0 saturated carbocycles. The molecule has 0 bridgehead atoms. The topological polar surface area (TPSA) is 61.2 Å². The van der Waals surface area contributed by atoms with E-state index in [1.165, 1.54) is 11.8 Å². The zero-order valence-corrected chi connectivity index (χ0v) is 16.7. The van der Waals surface area contributed by atoms with Crippen molar-refractivity contribution in [2.75, 3.05) is 6.61 Å². The van der Waals surface area contributed by atoms with Crippen molar-refractivity contribution in [1.82, 2.24) is 9.55 Å². The highest BCUT2D eigenvalue weighted by atomic mass is 32.2. The van der Waals surface area contributed by atoms with Crippen LogP contribution in [0.3, 0.4) is 0 Å². The lowest BCUT2D eigenvalue weighted by Crippen LogP contribution is -2.26. The van der Waals surface area contributed by atoms with Gasteiger partial charge in [-0.3, -0.25) is 14.2 Å². The van der Waals surface area contributed by atoms with E-state index in [0.717, 1.165) is 17.2 Å². The number of ether oxygens (including phenoxy) is 1. The maximum Gasteiger partial charge on any atom is 0.319 e. The van der Waals surface area contributed by atoms with Crippen LogP contribution < -0.4 is 5.56 Å². The first-order valence-corrected chi connectivity index (χ1v) is 10.2. The summed E-state index contributed by atoms with van der Waals surface area (Å²) >= 11 is 1.32. The molecule has 0 spiro atoms. The van der Waals surface area contributed by atoms with Gasteiger partial charge in [0.05, 0.1) is 17.5 Å². The van der Waals surface area contributed by atoms with E-state index in [-0.39, 0.29) is 16.8 Å². The average molecular weight is 385 g/mol. The molecule has 0 aliphatic rings. The van der Waals surface area contributed by atoms with E-state index in [1.54, 1.807) is 11.5 Å². The van der Waals surface area contributed by atoms with E-state index in [4.69, 9.17) is 9.72 Å². The summed E-state index contributed by atoms with van der Waals surface area (Å²) in [6, 6.07) is 11.8. The molecule has 5 nitrogen and oxygen atoms in total. The molecule has 0 amide bonds. The fraction of sp³-hybridized carbons (Fsp3) is 0.381. The van der Waals surface area contributed by atoms with Gasteiger partial charge in [0, 0.05) is 6.54 Å². The largest absolute Gasteiger partial charge is 0.465 e. The third-order valence-electron chi connectivity index (χ3n) is 4.45. The Kier molecular flexibility index (Phi) is 6.16. The monoisotopic (exact) mass is 384 g/mol. The minimum atomic E-state index is -0.363. The number of hydrogen-bond acceptors (Lipinski definition) is 5. The molecule has 0 aliphatic carbocycles. The van der Waals surface area contributed by atoms with Crippen LogP contribution in [0, 0.1) is 0 Å². The van der Waals surface area contributed by atoms with Crippen molar-refractivity contribution in [2.45, 2.75) is 50.6 Å². The number of aromatic nitrogens is 2. The van der Waals surface area contributed by atoms with Crippen LogP contribution >= 0.6 is 11.8 Å². The van der Waals surface area contributed by atoms with Crippen molar-refractivity contribution < 1.29 is 9.53 Å². The van der Waals surface area contributed by atoms with E-state index < -0.39 is 0 Å². The van der Waals surface area contributed by atoms with Gasteiger partial charge in [-0.1, -0.05) is 49.4 Å². The Bertz CT molecular complexity index is 1030. The minimum Gasteiger partial charge on any atom is -0.465 e. The first kappa shape index (κ1) is 19.4. The van der Waals surface area contributed by atoms with Gasteiger partial charge in [-0.2, -0.15) is 0 Å². The Labute approximate surface area is 162 Å². The normalized spacial score (nSPS) is 12.4. The number of thioether (sulfide) groups is 1. The average Bonchev–Trinajstić information content (AvgIpc) is 2.67. The summed E-state index contributed by atoms with van der Waals surface area (Å²) in [6.45, 7) is 6.59. The number of benzene rings is 2. The summed E-state index contributed by atoms with van der Waals surface area (Å²) < 4.78 is 6.85. The summed E-state index contributed by atoms with van der Waals surface area (Å²) in [7, 11) is 0. The Morgan fingerprint density at radius 2 is 1.89 bits per heavy atom. The number of carbonyl (C=O) groups is 1. The lowest BCUT2D eigenvalue weighted by molar-refractivity contribution is -0.142. The molecule has 1 atom stereocenters. The quantitative estimate of drug-likeness (QED) is 0.262. The van der Waals surface area contributed by atoms with Crippen LogP contribution in [0.25, 0.3) is 21.7 Å². The molecular formula is C21H24N2O3S. The Morgan fingerprint density at radius 3 is 2.52 bits per heavy atom. The van der Waals surface area contributed by atoms with Crippen LogP contribution in [0.4, 0.5) is 0 Å². The number of nitrogens with zero attached hydrogens (tertiary/aromatic N) is 2. The van der Waals surface area contributed by atoms with Crippen molar-refractivity contribution >= 4 is 39.4 Å². The van der Waals surface area contributed by atoms with Crippen LogP contribution in [0.1, 0.15) is 33.6 Å². The van der Waals surface area contributed by atoms with E-state index in [0.29, 0.717) is 35.6 Å². The van der Waals surface area contributed by atoms with Gasteiger partial charge in [-0.05, 0) is 43.2 Å². The maximum atomic E-state index is 13.1. The Morgan fingerprint density at radius 1 is 1.19 bits per heavy atom. The number of hydrogen-bond donors (Lipinski definition) is 0. The number of carbonyl (C=O) groups excluding carboxylic acids is 1. The maximum absolute atomic E-state index is 13.1. The molecule has 3 aromatic rings. The predicted octanol–water partition coefficient (Wildman–Crippen LogP) is 4.39. The van der Waals surface area contributed by atoms with E-state index >= 15 is 0 Å². The molecule has 1 unspecified atom stereocenters. The molecule has 0 radical (unpaired) electrons.